The van der Waals surface area contributed by atoms with Crippen LogP contribution in [0.3, 0.4) is 0 Å². The van der Waals surface area contributed by atoms with Crippen LogP contribution in [0.15, 0.2) is 29.0 Å². The summed E-state index contributed by atoms with van der Waals surface area (Å²) in [7, 11) is -3.37. The van der Waals surface area contributed by atoms with Crippen LogP contribution in [0.5, 0.6) is 0 Å². The van der Waals surface area contributed by atoms with Gasteiger partial charge in [0, 0.05) is 29.4 Å². The number of rotatable bonds is 6. The zero-order valence-corrected chi connectivity index (χ0v) is 11.1. The quantitative estimate of drug-likeness (QED) is 0.799. The highest BCUT2D eigenvalue weighted by molar-refractivity contribution is 7.89. The van der Waals surface area contributed by atoms with E-state index in [9.17, 15) is 8.42 Å². The molecule has 17 heavy (non-hydrogen) atoms. The molecule has 94 valence electrons. The topological polar surface area (TPSA) is 63.4 Å². The van der Waals surface area contributed by atoms with Gasteiger partial charge in [-0.2, -0.15) is 4.31 Å². The monoisotopic (exact) mass is 272 g/mol. The molecule has 0 radical (unpaired) electrons. The van der Waals surface area contributed by atoms with Crippen molar-refractivity contribution < 1.29 is 8.42 Å². The molecule has 0 saturated heterocycles. The van der Waals surface area contributed by atoms with Gasteiger partial charge in [-0.1, -0.05) is 6.08 Å². The summed E-state index contributed by atoms with van der Waals surface area (Å²) in [5.74, 6) is 0. The predicted molar refractivity (Wildman–Crippen MR) is 69.3 cm³/mol. The first kappa shape index (κ1) is 12.8. The smallest absolute Gasteiger partial charge is 0.244 e. The minimum Gasteiger partial charge on any atom is -0.326 e. The summed E-state index contributed by atoms with van der Waals surface area (Å²) in [6.07, 6.45) is 3.52. The number of nitrogens with two attached hydrogens (primary N) is 1. The van der Waals surface area contributed by atoms with Crippen molar-refractivity contribution >= 4 is 21.4 Å². The van der Waals surface area contributed by atoms with Crippen LogP contribution < -0.4 is 5.73 Å². The van der Waals surface area contributed by atoms with Gasteiger partial charge in [-0.15, -0.1) is 17.9 Å². The molecule has 4 nitrogen and oxygen atoms in total. The van der Waals surface area contributed by atoms with Crippen molar-refractivity contribution in [1.29, 1.82) is 0 Å². The number of hydrogen-bond donors (Lipinski definition) is 1. The Balaban J connectivity index is 2.29. The molecule has 6 heteroatoms. The Labute approximate surface area is 106 Å². The van der Waals surface area contributed by atoms with Gasteiger partial charge >= 0.3 is 0 Å². The van der Waals surface area contributed by atoms with Crippen LogP contribution in [0.4, 0.5) is 0 Å². The van der Waals surface area contributed by atoms with E-state index in [2.05, 4.69) is 6.58 Å². The molecular formula is C11H16N2O2S2. The molecule has 0 bridgehead atoms. The largest absolute Gasteiger partial charge is 0.326 e. The Bertz CT molecular complexity index is 503. The van der Waals surface area contributed by atoms with E-state index in [4.69, 9.17) is 5.73 Å². The fourth-order valence-electron chi connectivity index (χ4n) is 1.67. The van der Waals surface area contributed by atoms with Gasteiger partial charge in [-0.05, 0) is 18.9 Å². The minimum atomic E-state index is -3.37. The summed E-state index contributed by atoms with van der Waals surface area (Å²) in [5.41, 5.74) is 5.50. The van der Waals surface area contributed by atoms with Crippen molar-refractivity contribution in [2.75, 3.05) is 6.54 Å². The van der Waals surface area contributed by atoms with Gasteiger partial charge < -0.3 is 5.73 Å². The van der Waals surface area contributed by atoms with Crippen molar-refractivity contribution in [2.45, 2.75) is 30.3 Å². The van der Waals surface area contributed by atoms with Crippen molar-refractivity contribution in [2.24, 2.45) is 5.73 Å². The number of sulfonamides is 1. The molecule has 0 atom stereocenters. The Morgan fingerprint density at radius 2 is 2.29 bits per heavy atom. The Morgan fingerprint density at radius 3 is 2.76 bits per heavy atom. The molecule has 0 aliphatic heterocycles. The first-order valence-corrected chi connectivity index (χ1v) is 7.81. The Hall–Kier alpha value is -0.690. The van der Waals surface area contributed by atoms with Crippen LogP contribution in [0.1, 0.15) is 17.7 Å². The van der Waals surface area contributed by atoms with Crippen LogP contribution in [0.25, 0.3) is 0 Å². The predicted octanol–water partition coefficient (Wildman–Crippen LogP) is 1.55. The van der Waals surface area contributed by atoms with Crippen molar-refractivity contribution in [1.82, 2.24) is 4.31 Å². The number of nitrogens with zero attached hydrogens (tertiary/aromatic N) is 1. The van der Waals surface area contributed by atoms with Crippen LogP contribution >= 0.6 is 11.3 Å². The average molecular weight is 272 g/mol. The molecule has 1 aromatic rings. The third kappa shape index (κ3) is 2.60. The van der Waals surface area contributed by atoms with E-state index < -0.39 is 10.0 Å². The maximum absolute atomic E-state index is 12.4. The standard InChI is InChI=1S/C11H16N2O2S2/c1-2-5-13(9-3-4-9)17(14,15)11-6-10(7-12)16-8-11/h2,6,8-9H,1,3-5,7,12H2. The highest BCUT2D eigenvalue weighted by Crippen LogP contribution is 2.33. The lowest BCUT2D eigenvalue weighted by molar-refractivity contribution is 0.436. The van der Waals surface area contributed by atoms with Gasteiger partial charge in [-0.3, -0.25) is 0 Å². The van der Waals surface area contributed by atoms with Crippen LogP contribution in [-0.2, 0) is 16.6 Å². The third-order valence-corrected chi connectivity index (χ3v) is 5.71. The molecule has 1 heterocycles. The lowest BCUT2D eigenvalue weighted by Crippen LogP contribution is -2.33. The summed E-state index contributed by atoms with van der Waals surface area (Å²) in [6, 6.07) is 1.82. The first-order valence-electron chi connectivity index (χ1n) is 5.50. The third-order valence-electron chi connectivity index (χ3n) is 2.70. The SMILES string of the molecule is C=CCN(C1CC1)S(=O)(=O)c1csc(CN)c1. The van der Waals surface area contributed by atoms with E-state index in [0.717, 1.165) is 17.7 Å². The summed E-state index contributed by atoms with van der Waals surface area (Å²) in [4.78, 5) is 1.25. The molecular weight excluding hydrogens is 256 g/mol. The molecule has 1 saturated carbocycles. The lowest BCUT2D eigenvalue weighted by Gasteiger charge is -2.19. The maximum atomic E-state index is 12.4. The van der Waals surface area contributed by atoms with E-state index in [1.54, 1.807) is 17.5 Å². The minimum absolute atomic E-state index is 0.152. The number of hydrogen-bond acceptors (Lipinski definition) is 4. The zero-order chi connectivity index (χ0) is 12.5. The molecule has 2 rings (SSSR count). The second-order valence-corrected chi connectivity index (χ2v) is 6.93. The van der Waals surface area contributed by atoms with Crippen LogP contribution in [0, 0.1) is 0 Å². The molecule has 1 aliphatic carbocycles. The maximum Gasteiger partial charge on any atom is 0.244 e. The van der Waals surface area contributed by atoms with Crippen molar-refractivity contribution in [3.63, 3.8) is 0 Å². The summed E-state index contributed by atoms with van der Waals surface area (Å²) < 4.78 is 26.3. The van der Waals surface area contributed by atoms with Crippen molar-refractivity contribution in [3.05, 3.63) is 29.0 Å². The van der Waals surface area contributed by atoms with Gasteiger partial charge in [0.05, 0.1) is 4.90 Å². The van der Waals surface area contributed by atoms with Crippen LogP contribution in [0.2, 0.25) is 0 Å². The molecule has 1 aromatic heterocycles. The highest BCUT2D eigenvalue weighted by atomic mass is 32.2. The van der Waals surface area contributed by atoms with Crippen molar-refractivity contribution in [3.8, 4) is 0 Å². The second kappa shape index (κ2) is 4.89. The first-order chi connectivity index (χ1) is 8.09. The summed E-state index contributed by atoms with van der Waals surface area (Å²) >= 11 is 1.39. The van der Waals surface area contributed by atoms with E-state index in [1.807, 2.05) is 0 Å². The van der Waals surface area contributed by atoms with E-state index in [0.29, 0.717) is 18.0 Å². The zero-order valence-electron chi connectivity index (χ0n) is 9.50. The fraction of sp³-hybridized carbons (Fsp3) is 0.455. The molecule has 1 fully saturated rings. The van der Waals surface area contributed by atoms with Gasteiger partial charge in [0.2, 0.25) is 10.0 Å². The van der Waals surface area contributed by atoms with Crippen LogP contribution in [-0.4, -0.2) is 25.3 Å². The second-order valence-electron chi connectivity index (χ2n) is 4.05. The molecule has 0 aromatic carbocycles. The van der Waals surface area contributed by atoms with Gasteiger partial charge in [-0.25, -0.2) is 8.42 Å². The Kier molecular flexibility index (Phi) is 3.67. The Morgan fingerprint density at radius 1 is 1.59 bits per heavy atom. The number of thiophene rings is 1. The average Bonchev–Trinajstić information content (AvgIpc) is 3.01. The molecule has 0 unspecified atom stereocenters. The molecule has 2 N–H and O–H groups in total. The molecule has 0 amide bonds. The van der Waals surface area contributed by atoms with Gasteiger partial charge in [0.1, 0.15) is 0 Å². The van der Waals surface area contributed by atoms with E-state index >= 15 is 0 Å². The summed E-state index contributed by atoms with van der Waals surface area (Å²) in [5, 5.41) is 1.66. The fourth-order valence-corrected chi connectivity index (χ4v) is 4.47. The summed E-state index contributed by atoms with van der Waals surface area (Å²) in [6.45, 7) is 4.37. The highest BCUT2D eigenvalue weighted by Gasteiger charge is 2.37. The van der Waals surface area contributed by atoms with E-state index in [-0.39, 0.29) is 6.04 Å². The van der Waals surface area contributed by atoms with Gasteiger partial charge in [0.15, 0.2) is 0 Å². The normalized spacial score (nSPS) is 16.4. The van der Waals surface area contributed by atoms with Gasteiger partial charge in [0.25, 0.3) is 0 Å². The molecule has 0 spiro atoms. The lowest BCUT2D eigenvalue weighted by atomic mass is 10.5. The molecule has 1 aliphatic rings. The van der Waals surface area contributed by atoms with E-state index in [1.165, 1.54) is 15.6 Å².